The molecule has 0 amide bonds. The fourth-order valence-electron chi connectivity index (χ4n) is 2.35. The molecule has 0 aromatic heterocycles. The second-order valence-corrected chi connectivity index (χ2v) is 4.29. The Morgan fingerprint density at radius 1 is 1.31 bits per heavy atom. The first kappa shape index (κ1) is 11.3. The molecule has 88 valence electrons. The smallest absolute Gasteiger partial charge is 0.121 e. The van der Waals surface area contributed by atoms with Gasteiger partial charge in [-0.05, 0) is 36.6 Å². The standard InChI is InChI=1S/C13H20N2O/c1-3-15-6-4-10-8-11(16-2)9-13(14)12(10)5-7-15/h8-9H,3-7,14H2,1-2H3. The second kappa shape index (κ2) is 4.74. The predicted octanol–water partition coefficient (Wildman–Crippen LogP) is 1.70. The average molecular weight is 220 g/mol. The van der Waals surface area contributed by atoms with E-state index in [1.54, 1.807) is 7.11 Å². The van der Waals surface area contributed by atoms with E-state index in [-0.39, 0.29) is 0 Å². The van der Waals surface area contributed by atoms with Crippen LogP contribution >= 0.6 is 0 Å². The first-order chi connectivity index (χ1) is 7.74. The number of anilines is 1. The Morgan fingerprint density at radius 2 is 2.06 bits per heavy atom. The number of hydrogen-bond donors (Lipinski definition) is 1. The maximum Gasteiger partial charge on any atom is 0.121 e. The molecule has 0 saturated heterocycles. The summed E-state index contributed by atoms with van der Waals surface area (Å²) in [6.45, 7) is 5.56. The quantitative estimate of drug-likeness (QED) is 0.771. The van der Waals surface area contributed by atoms with Crippen molar-refractivity contribution >= 4 is 5.69 Å². The van der Waals surface area contributed by atoms with E-state index in [4.69, 9.17) is 10.5 Å². The van der Waals surface area contributed by atoms with Gasteiger partial charge < -0.3 is 15.4 Å². The van der Waals surface area contributed by atoms with Crippen LogP contribution in [-0.4, -0.2) is 31.6 Å². The van der Waals surface area contributed by atoms with Gasteiger partial charge in [-0.2, -0.15) is 0 Å². The fourth-order valence-corrected chi connectivity index (χ4v) is 2.35. The van der Waals surface area contributed by atoms with Gasteiger partial charge in [0.05, 0.1) is 7.11 Å². The van der Waals surface area contributed by atoms with Crippen molar-refractivity contribution in [1.29, 1.82) is 0 Å². The summed E-state index contributed by atoms with van der Waals surface area (Å²) in [6, 6.07) is 4.06. The third kappa shape index (κ3) is 2.14. The number of nitrogen functional groups attached to an aromatic ring is 1. The molecule has 2 N–H and O–H groups in total. The van der Waals surface area contributed by atoms with Crippen molar-refractivity contribution in [3.63, 3.8) is 0 Å². The Kier molecular flexibility index (Phi) is 3.34. The highest BCUT2D eigenvalue weighted by atomic mass is 16.5. The zero-order valence-corrected chi connectivity index (χ0v) is 10.1. The molecule has 0 saturated carbocycles. The first-order valence-electron chi connectivity index (χ1n) is 5.92. The molecular weight excluding hydrogens is 200 g/mol. The highest BCUT2D eigenvalue weighted by Gasteiger charge is 2.15. The summed E-state index contributed by atoms with van der Waals surface area (Å²) in [5.41, 5.74) is 9.63. The van der Waals surface area contributed by atoms with Gasteiger partial charge in [0.2, 0.25) is 0 Å². The van der Waals surface area contributed by atoms with Crippen LogP contribution in [0.15, 0.2) is 12.1 Å². The van der Waals surface area contributed by atoms with E-state index in [2.05, 4.69) is 17.9 Å². The largest absolute Gasteiger partial charge is 0.497 e. The molecule has 3 heteroatoms. The van der Waals surface area contributed by atoms with Gasteiger partial charge in [0.25, 0.3) is 0 Å². The zero-order chi connectivity index (χ0) is 11.5. The molecule has 1 aliphatic rings. The molecule has 1 aromatic carbocycles. The molecule has 0 fully saturated rings. The second-order valence-electron chi connectivity index (χ2n) is 4.29. The van der Waals surface area contributed by atoms with E-state index in [1.165, 1.54) is 11.1 Å². The molecule has 0 spiro atoms. The number of benzene rings is 1. The third-order valence-corrected chi connectivity index (χ3v) is 3.41. The third-order valence-electron chi connectivity index (χ3n) is 3.41. The maximum atomic E-state index is 6.08. The number of nitrogens with two attached hydrogens (primary N) is 1. The van der Waals surface area contributed by atoms with Gasteiger partial charge in [0, 0.05) is 24.8 Å². The topological polar surface area (TPSA) is 38.5 Å². The number of fused-ring (bicyclic) bond motifs is 1. The SMILES string of the molecule is CCN1CCc2cc(OC)cc(N)c2CC1. The maximum absolute atomic E-state index is 6.08. The minimum Gasteiger partial charge on any atom is -0.497 e. The van der Waals surface area contributed by atoms with Crippen molar-refractivity contribution < 1.29 is 4.74 Å². The lowest BCUT2D eigenvalue weighted by Crippen LogP contribution is -2.25. The Morgan fingerprint density at radius 3 is 2.75 bits per heavy atom. The van der Waals surface area contributed by atoms with Crippen LogP contribution in [0, 0.1) is 0 Å². The molecule has 0 atom stereocenters. The summed E-state index contributed by atoms with van der Waals surface area (Å²) in [5, 5.41) is 0. The summed E-state index contributed by atoms with van der Waals surface area (Å²) < 4.78 is 5.26. The highest BCUT2D eigenvalue weighted by molar-refractivity contribution is 5.56. The Labute approximate surface area is 97.2 Å². The first-order valence-corrected chi connectivity index (χ1v) is 5.92. The number of methoxy groups -OCH3 is 1. The number of ether oxygens (including phenoxy) is 1. The van der Waals surface area contributed by atoms with Crippen LogP contribution in [0.2, 0.25) is 0 Å². The van der Waals surface area contributed by atoms with Crippen molar-refractivity contribution in [3.05, 3.63) is 23.3 Å². The fraction of sp³-hybridized carbons (Fsp3) is 0.538. The zero-order valence-electron chi connectivity index (χ0n) is 10.1. The lowest BCUT2D eigenvalue weighted by atomic mass is 10.0. The summed E-state index contributed by atoms with van der Waals surface area (Å²) in [4.78, 5) is 2.46. The number of rotatable bonds is 2. The molecule has 1 aliphatic heterocycles. The van der Waals surface area contributed by atoms with Crippen molar-refractivity contribution in [2.45, 2.75) is 19.8 Å². The van der Waals surface area contributed by atoms with Crippen LogP contribution in [0.3, 0.4) is 0 Å². The van der Waals surface area contributed by atoms with Gasteiger partial charge in [-0.3, -0.25) is 0 Å². The Balaban J connectivity index is 2.30. The van der Waals surface area contributed by atoms with Crippen LogP contribution in [0.5, 0.6) is 5.75 Å². The van der Waals surface area contributed by atoms with Gasteiger partial charge in [0.1, 0.15) is 5.75 Å². The number of hydrogen-bond acceptors (Lipinski definition) is 3. The van der Waals surface area contributed by atoms with E-state index in [9.17, 15) is 0 Å². The molecule has 2 rings (SSSR count). The molecular formula is C13H20N2O. The summed E-state index contributed by atoms with van der Waals surface area (Å²) in [5.74, 6) is 0.876. The van der Waals surface area contributed by atoms with Crippen LogP contribution < -0.4 is 10.5 Å². The molecule has 0 unspecified atom stereocenters. The number of nitrogens with zero attached hydrogens (tertiary/aromatic N) is 1. The summed E-state index contributed by atoms with van der Waals surface area (Å²) >= 11 is 0. The monoisotopic (exact) mass is 220 g/mol. The van der Waals surface area contributed by atoms with E-state index in [1.807, 2.05) is 6.07 Å². The molecule has 16 heavy (non-hydrogen) atoms. The van der Waals surface area contributed by atoms with E-state index in [0.29, 0.717) is 0 Å². The van der Waals surface area contributed by atoms with Crippen molar-refractivity contribution in [3.8, 4) is 5.75 Å². The van der Waals surface area contributed by atoms with Crippen molar-refractivity contribution in [2.75, 3.05) is 32.5 Å². The van der Waals surface area contributed by atoms with E-state index >= 15 is 0 Å². The molecule has 0 radical (unpaired) electrons. The Hall–Kier alpha value is -1.22. The van der Waals surface area contributed by atoms with Gasteiger partial charge in [-0.15, -0.1) is 0 Å². The number of likely N-dealkylation sites (N-methyl/N-ethyl adjacent to an activating group) is 1. The van der Waals surface area contributed by atoms with Crippen LogP contribution in [0.4, 0.5) is 5.69 Å². The molecule has 3 nitrogen and oxygen atoms in total. The lowest BCUT2D eigenvalue weighted by molar-refractivity contribution is 0.303. The Bertz CT molecular complexity index is 376. The minimum atomic E-state index is 0.876. The molecule has 1 heterocycles. The van der Waals surface area contributed by atoms with Gasteiger partial charge in [-0.25, -0.2) is 0 Å². The van der Waals surface area contributed by atoms with Gasteiger partial charge in [-0.1, -0.05) is 6.92 Å². The van der Waals surface area contributed by atoms with Crippen molar-refractivity contribution in [1.82, 2.24) is 4.90 Å². The van der Waals surface area contributed by atoms with Crippen LogP contribution in [0.25, 0.3) is 0 Å². The van der Waals surface area contributed by atoms with Gasteiger partial charge >= 0.3 is 0 Å². The molecule has 0 aliphatic carbocycles. The lowest BCUT2D eigenvalue weighted by Gasteiger charge is -2.16. The highest BCUT2D eigenvalue weighted by Crippen LogP contribution is 2.27. The minimum absolute atomic E-state index is 0.876. The predicted molar refractivity (Wildman–Crippen MR) is 66.9 cm³/mol. The average Bonchev–Trinajstić information content (AvgIpc) is 2.51. The summed E-state index contributed by atoms with van der Waals surface area (Å²) in [6.07, 6.45) is 2.13. The summed E-state index contributed by atoms with van der Waals surface area (Å²) in [7, 11) is 1.69. The van der Waals surface area contributed by atoms with Gasteiger partial charge in [0.15, 0.2) is 0 Å². The van der Waals surface area contributed by atoms with E-state index < -0.39 is 0 Å². The van der Waals surface area contributed by atoms with Crippen LogP contribution in [-0.2, 0) is 12.8 Å². The van der Waals surface area contributed by atoms with Crippen molar-refractivity contribution in [2.24, 2.45) is 0 Å². The molecule has 0 bridgehead atoms. The van der Waals surface area contributed by atoms with Crippen LogP contribution in [0.1, 0.15) is 18.1 Å². The van der Waals surface area contributed by atoms with E-state index in [0.717, 1.165) is 43.9 Å². The normalized spacial score (nSPS) is 16.6. The molecule has 1 aromatic rings.